The first kappa shape index (κ1) is 16.3. The predicted octanol–water partition coefficient (Wildman–Crippen LogP) is 2.55. The van der Waals surface area contributed by atoms with E-state index in [1.165, 1.54) is 4.57 Å². The highest BCUT2D eigenvalue weighted by Gasteiger charge is 2.28. The highest BCUT2D eigenvalue weighted by Crippen LogP contribution is 2.26. The van der Waals surface area contributed by atoms with E-state index in [0.29, 0.717) is 25.4 Å². The molecule has 0 spiro atoms. The summed E-state index contributed by atoms with van der Waals surface area (Å²) >= 11 is 0. The minimum Gasteiger partial charge on any atom is -0.441 e. The van der Waals surface area contributed by atoms with Crippen molar-refractivity contribution in [3.8, 4) is 11.5 Å². The molecule has 0 aliphatic carbocycles. The summed E-state index contributed by atoms with van der Waals surface area (Å²) in [7, 11) is 1.67. The predicted molar refractivity (Wildman–Crippen MR) is 96.8 cm³/mol. The van der Waals surface area contributed by atoms with Crippen LogP contribution in [0.15, 0.2) is 51.7 Å². The van der Waals surface area contributed by atoms with Gasteiger partial charge in [-0.3, -0.25) is 9.59 Å². The summed E-state index contributed by atoms with van der Waals surface area (Å²) in [4.78, 5) is 31.4. The van der Waals surface area contributed by atoms with Gasteiger partial charge in [-0.1, -0.05) is 18.2 Å². The molecule has 132 valence electrons. The molecule has 0 saturated carbocycles. The van der Waals surface area contributed by atoms with Crippen LogP contribution in [0.25, 0.3) is 11.5 Å². The number of aryl methyl sites for hydroxylation is 1. The third-order valence-corrected chi connectivity index (χ3v) is 4.82. The van der Waals surface area contributed by atoms with Crippen LogP contribution in [0.3, 0.4) is 0 Å². The van der Waals surface area contributed by atoms with Crippen molar-refractivity contribution >= 4 is 5.91 Å². The lowest BCUT2D eigenvalue weighted by atomic mass is 10.1. The van der Waals surface area contributed by atoms with Crippen molar-refractivity contribution in [2.24, 2.45) is 7.05 Å². The Morgan fingerprint density at radius 1 is 1.15 bits per heavy atom. The lowest BCUT2D eigenvalue weighted by Gasteiger charge is -2.25. The van der Waals surface area contributed by atoms with Gasteiger partial charge in [0.05, 0.1) is 6.54 Å². The number of fused-ring (bicyclic) bond motifs is 1. The zero-order valence-corrected chi connectivity index (χ0v) is 14.7. The van der Waals surface area contributed by atoms with Crippen LogP contribution in [0.5, 0.6) is 0 Å². The number of nitrogens with zero attached hydrogens (tertiary/aromatic N) is 3. The van der Waals surface area contributed by atoms with E-state index in [2.05, 4.69) is 4.98 Å². The number of amides is 1. The molecule has 0 saturated heterocycles. The zero-order valence-electron chi connectivity index (χ0n) is 14.7. The number of hydrogen-bond acceptors (Lipinski definition) is 4. The van der Waals surface area contributed by atoms with Gasteiger partial charge in [-0.15, -0.1) is 0 Å². The number of pyridine rings is 1. The van der Waals surface area contributed by atoms with Gasteiger partial charge < -0.3 is 13.9 Å². The monoisotopic (exact) mass is 349 g/mol. The first-order valence-electron chi connectivity index (χ1n) is 8.54. The molecule has 1 aliphatic heterocycles. The Morgan fingerprint density at radius 3 is 2.69 bits per heavy atom. The number of carbonyl (C=O) groups excluding carboxylic acids is 1. The van der Waals surface area contributed by atoms with E-state index in [9.17, 15) is 9.59 Å². The second-order valence-corrected chi connectivity index (χ2v) is 6.48. The molecule has 2 aromatic heterocycles. The number of oxazole rings is 1. The minimum absolute atomic E-state index is 0.188. The van der Waals surface area contributed by atoms with Crippen LogP contribution >= 0.6 is 0 Å². The molecule has 0 atom stereocenters. The summed E-state index contributed by atoms with van der Waals surface area (Å²) in [6, 6.07) is 13.1. The van der Waals surface area contributed by atoms with Crippen LogP contribution in [0.2, 0.25) is 0 Å². The average Bonchev–Trinajstić information content (AvgIpc) is 3.10. The first-order valence-corrected chi connectivity index (χ1v) is 8.54. The van der Waals surface area contributed by atoms with Gasteiger partial charge >= 0.3 is 0 Å². The summed E-state index contributed by atoms with van der Waals surface area (Å²) in [5.41, 5.74) is 2.40. The van der Waals surface area contributed by atoms with Crippen molar-refractivity contribution in [3.63, 3.8) is 0 Å². The lowest BCUT2D eigenvalue weighted by Crippen LogP contribution is -2.39. The first-order chi connectivity index (χ1) is 12.5. The van der Waals surface area contributed by atoms with E-state index >= 15 is 0 Å². The maximum absolute atomic E-state index is 12.8. The van der Waals surface area contributed by atoms with Crippen molar-refractivity contribution < 1.29 is 9.21 Å². The number of aromatic nitrogens is 2. The van der Waals surface area contributed by atoms with Gasteiger partial charge in [-0.2, -0.15) is 0 Å². The molecular weight excluding hydrogens is 330 g/mol. The standard InChI is InChI=1S/C20H19N3O3/c1-13-8-9-15(19(24)22(13)2)20(25)23-11-10-17-16(12-23)21-18(26-17)14-6-4-3-5-7-14/h3-9H,10-12H2,1-2H3. The molecule has 0 unspecified atom stereocenters. The Balaban J connectivity index is 1.61. The molecule has 1 amide bonds. The van der Waals surface area contributed by atoms with Crippen LogP contribution in [0.1, 0.15) is 27.5 Å². The second kappa shape index (κ2) is 6.29. The number of rotatable bonds is 2. The van der Waals surface area contributed by atoms with Gasteiger partial charge in [0.25, 0.3) is 11.5 Å². The molecule has 0 fully saturated rings. The SMILES string of the molecule is Cc1ccc(C(=O)N2CCc3oc(-c4ccccc4)nc3C2)c(=O)n1C. The summed E-state index contributed by atoms with van der Waals surface area (Å²) in [6.45, 7) is 2.69. The van der Waals surface area contributed by atoms with Crippen molar-refractivity contribution in [1.29, 1.82) is 0 Å². The molecule has 0 N–H and O–H groups in total. The van der Waals surface area contributed by atoms with Crippen LogP contribution in [-0.2, 0) is 20.0 Å². The molecule has 3 heterocycles. The third kappa shape index (κ3) is 2.73. The average molecular weight is 349 g/mol. The van der Waals surface area contributed by atoms with E-state index in [-0.39, 0.29) is 17.0 Å². The van der Waals surface area contributed by atoms with Crippen molar-refractivity contribution in [1.82, 2.24) is 14.5 Å². The fourth-order valence-electron chi connectivity index (χ4n) is 3.14. The molecule has 0 radical (unpaired) electrons. The largest absolute Gasteiger partial charge is 0.441 e. The fourth-order valence-corrected chi connectivity index (χ4v) is 3.14. The number of carbonyl (C=O) groups is 1. The van der Waals surface area contributed by atoms with E-state index in [1.54, 1.807) is 24.1 Å². The molecular formula is C20H19N3O3. The van der Waals surface area contributed by atoms with Gasteiger partial charge in [-0.05, 0) is 31.2 Å². The second-order valence-electron chi connectivity index (χ2n) is 6.48. The minimum atomic E-state index is -0.272. The van der Waals surface area contributed by atoms with Gasteiger partial charge in [-0.25, -0.2) is 4.98 Å². The summed E-state index contributed by atoms with van der Waals surface area (Å²) in [5, 5.41) is 0. The Hall–Kier alpha value is -3.15. The highest BCUT2D eigenvalue weighted by molar-refractivity contribution is 5.94. The van der Waals surface area contributed by atoms with Gasteiger partial charge in [0.2, 0.25) is 5.89 Å². The van der Waals surface area contributed by atoms with Gasteiger partial charge in [0, 0.05) is 31.3 Å². The zero-order chi connectivity index (χ0) is 18.3. The highest BCUT2D eigenvalue weighted by atomic mass is 16.4. The van der Waals surface area contributed by atoms with E-state index in [4.69, 9.17) is 4.42 Å². The lowest BCUT2D eigenvalue weighted by molar-refractivity contribution is 0.0725. The maximum atomic E-state index is 12.8. The van der Waals surface area contributed by atoms with E-state index in [0.717, 1.165) is 22.7 Å². The Bertz CT molecular complexity index is 1030. The Morgan fingerprint density at radius 2 is 1.92 bits per heavy atom. The molecule has 1 aromatic carbocycles. The summed E-state index contributed by atoms with van der Waals surface area (Å²) in [5.74, 6) is 1.11. The number of hydrogen-bond donors (Lipinski definition) is 0. The molecule has 6 nitrogen and oxygen atoms in total. The quantitative estimate of drug-likeness (QED) is 0.713. The fraction of sp³-hybridized carbons (Fsp3) is 0.250. The Kier molecular flexibility index (Phi) is 3.95. The summed E-state index contributed by atoms with van der Waals surface area (Å²) in [6.07, 6.45) is 0.590. The topological polar surface area (TPSA) is 68.3 Å². The molecule has 3 aromatic rings. The van der Waals surface area contributed by atoms with Crippen LogP contribution in [0, 0.1) is 6.92 Å². The summed E-state index contributed by atoms with van der Waals surface area (Å²) < 4.78 is 7.36. The molecule has 26 heavy (non-hydrogen) atoms. The van der Waals surface area contributed by atoms with Crippen LogP contribution < -0.4 is 5.56 Å². The van der Waals surface area contributed by atoms with Crippen molar-refractivity contribution in [3.05, 3.63) is 75.5 Å². The molecule has 0 bridgehead atoms. The van der Waals surface area contributed by atoms with Crippen LogP contribution in [0.4, 0.5) is 0 Å². The van der Waals surface area contributed by atoms with Crippen LogP contribution in [-0.4, -0.2) is 26.9 Å². The normalized spacial score (nSPS) is 13.5. The molecule has 1 aliphatic rings. The van der Waals surface area contributed by atoms with E-state index < -0.39 is 0 Å². The smallest absolute Gasteiger partial charge is 0.263 e. The number of benzene rings is 1. The third-order valence-electron chi connectivity index (χ3n) is 4.82. The Labute approximate surface area is 150 Å². The van der Waals surface area contributed by atoms with Crippen molar-refractivity contribution in [2.45, 2.75) is 19.9 Å². The van der Waals surface area contributed by atoms with E-state index in [1.807, 2.05) is 37.3 Å². The van der Waals surface area contributed by atoms with Gasteiger partial charge in [0.15, 0.2) is 0 Å². The molecule has 4 rings (SSSR count). The van der Waals surface area contributed by atoms with Crippen molar-refractivity contribution in [2.75, 3.05) is 6.54 Å². The maximum Gasteiger partial charge on any atom is 0.263 e. The van der Waals surface area contributed by atoms with Gasteiger partial charge in [0.1, 0.15) is 17.0 Å². The molecule has 6 heteroatoms.